The predicted octanol–water partition coefficient (Wildman–Crippen LogP) is -2.40. The normalized spacial score (nSPS) is 52.7. The van der Waals surface area contributed by atoms with E-state index in [1.807, 2.05) is 34.6 Å². The van der Waals surface area contributed by atoms with Gasteiger partial charge in [0.15, 0.2) is 31.3 Å². The molecule has 0 radical (unpaired) electrons. The van der Waals surface area contributed by atoms with Crippen molar-refractivity contribution in [1.29, 1.82) is 0 Å². The number of aliphatic carboxylic acids is 1. The molecule has 0 spiro atoms. The monoisotopic (exact) mass is 1200 g/mol. The zero-order chi connectivity index (χ0) is 62.0. The molecule has 4 heterocycles. The van der Waals surface area contributed by atoms with Crippen LogP contribution in [0, 0.1) is 50.2 Å². The maximum atomic E-state index is 13.8. The molecule has 0 amide bonds. The van der Waals surface area contributed by atoms with Crippen molar-refractivity contribution in [2.24, 2.45) is 50.2 Å². The van der Waals surface area contributed by atoms with Gasteiger partial charge in [-0.1, -0.05) is 66.2 Å². The Hall–Kier alpha value is -2.46. The Kier molecular flexibility index (Phi) is 18.6. The molecular formula is C58H92O26. The van der Waals surface area contributed by atoms with Gasteiger partial charge in [0.05, 0.1) is 49.7 Å². The summed E-state index contributed by atoms with van der Waals surface area (Å²) in [5.74, 6) is -3.51. The van der Waals surface area contributed by atoms with E-state index in [-0.39, 0.29) is 30.3 Å². The topological polar surface area (TPSA) is 421 Å². The summed E-state index contributed by atoms with van der Waals surface area (Å²) in [5, 5.41) is 168. The van der Waals surface area contributed by atoms with Gasteiger partial charge in [0.1, 0.15) is 91.6 Å². The highest BCUT2D eigenvalue weighted by Crippen LogP contribution is 2.76. The number of esters is 1. The van der Waals surface area contributed by atoms with Gasteiger partial charge in [0.2, 0.25) is 0 Å². The lowest BCUT2D eigenvalue weighted by Gasteiger charge is -2.73. The van der Waals surface area contributed by atoms with E-state index in [1.54, 1.807) is 19.9 Å². The Morgan fingerprint density at radius 3 is 1.76 bits per heavy atom. The van der Waals surface area contributed by atoms with Gasteiger partial charge in [0.25, 0.3) is 0 Å². The number of ether oxygens (including phenoxy) is 9. The minimum Gasteiger partial charge on any atom is -0.479 e. The van der Waals surface area contributed by atoms with Crippen molar-refractivity contribution < 1.29 is 129 Å². The fourth-order valence-corrected chi connectivity index (χ4v) is 17.2. The minimum atomic E-state index is -2.14. The number of hydrogen-bond acceptors (Lipinski definition) is 25. The van der Waals surface area contributed by atoms with Gasteiger partial charge in [-0.2, -0.15) is 0 Å². The average molecular weight is 1210 g/mol. The first kappa shape index (κ1) is 66.0. The quantitative estimate of drug-likeness (QED) is 0.0373. The summed E-state index contributed by atoms with van der Waals surface area (Å²) in [7, 11) is 0. The van der Waals surface area contributed by atoms with Gasteiger partial charge in [-0.3, -0.25) is 0 Å². The van der Waals surface area contributed by atoms with Crippen LogP contribution in [0.4, 0.5) is 0 Å². The summed E-state index contributed by atoms with van der Waals surface area (Å²) in [6.07, 6.45) is -34.1. The highest BCUT2D eigenvalue weighted by atomic mass is 16.8. The maximum Gasteiger partial charge on any atom is 0.335 e. The lowest BCUT2D eigenvalue weighted by Crippen LogP contribution is -2.77. The van der Waals surface area contributed by atoms with Crippen LogP contribution in [0.1, 0.15) is 108 Å². The van der Waals surface area contributed by atoms with Crippen LogP contribution in [0.3, 0.4) is 0 Å². The van der Waals surface area contributed by atoms with Crippen LogP contribution < -0.4 is 0 Å². The third kappa shape index (κ3) is 10.2. The summed E-state index contributed by atoms with van der Waals surface area (Å²) < 4.78 is 55.4. The standard InChI is InChI=1S/C58H92O26/c1-11-22(2)48(75)83-45-46(84-49-37(68)34(65)31(62)23(3)76-49)58(21-61)25(18-53(45,4)5)24-12-13-29-55(8)16-15-30(54(6,7)28(55)14-17-56(29,9)57(24,10)43(71)44(58)72)79-52-42(82-51-38(69)35(66)32(63)26(19-59)77-51)40(39(70)41(81-52)47(73)74)80-50-36(67)33(64)27(20-60)78-50/h11-12,23,25-46,49-52,59-72H,13-21H2,1-10H3,(H,73,74)/b22-11-/t23-,25?,26+,27+,28?,29?,30-,31-,32-,33+,34+,35-,36-,37-,38+,39-,40-,41-,42+,43+,44-,45-,46+,49+,50+,51-,52-,55-,56+,57-,58-/m0/s1. The fraction of sp³-hybridized carbons (Fsp3) is 0.897. The third-order valence-corrected chi connectivity index (χ3v) is 22.5. The van der Waals surface area contributed by atoms with Gasteiger partial charge in [-0.05, 0) is 93.3 Å². The number of carboxylic acids is 1. The van der Waals surface area contributed by atoms with Crippen LogP contribution in [0.2, 0.25) is 0 Å². The van der Waals surface area contributed by atoms with Crippen molar-refractivity contribution in [3.63, 3.8) is 0 Å². The summed E-state index contributed by atoms with van der Waals surface area (Å²) in [4.78, 5) is 26.7. The summed E-state index contributed by atoms with van der Waals surface area (Å²) in [6.45, 7) is 16.3. The van der Waals surface area contributed by atoms with Crippen LogP contribution in [0.15, 0.2) is 23.3 Å². The smallest absolute Gasteiger partial charge is 0.335 e. The van der Waals surface area contributed by atoms with E-state index in [1.165, 1.54) is 6.92 Å². The van der Waals surface area contributed by atoms with E-state index in [4.69, 9.17) is 42.6 Å². The number of allylic oxidation sites excluding steroid dienone is 2. The highest BCUT2D eigenvalue weighted by Gasteiger charge is 2.76. The van der Waals surface area contributed by atoms with Gasteiger partial charge < -0.3 is 119 Å². The molecular weight excluding hydrogens is 1110 g/mol. The molecule has 5 aliphatic carbocycles. The third-order valence-electron chi connectivity index (χ3n) is 22.5. The first-order chi connectivity index (χ1) is 39.2. The van der Waals surface area contributed by atoms with E-state index < -0.39 is 217 Å². The van der Waals surface area contributed by atoms with Crippen LogP contribution in [0.5, 0.6) is 0 Å². The largest absolute Gasteiger partial charge is 0.479 e. The number of fused-ring (bicyclic) bond motifs is 7. The Morgan fingerprint density at radius 1 is 0.631 bits per heavy atom. The van der Waals surface area contributed by atoms with Crippen LogP contribution in [-0.2, 0) is 52.2 Å². The number of hydrogen-bond donors (Lipinski definition) is 15. The minimum absolute atomic E-state index is 0.191. The second kappa shape index (κ2) is 23.7. The van der Waals surface area contributed by atoms with Crippen molar-refractivity contribution in [3.8, 4) is 0 Å². The Balaban J connectivity index is 1.05. The Morgan fingerprint density at radius 2 is 1.19 bits per heavy atom. The molecule has 8 fully saturated rings. The van der Waals surface area contributed by atoms with E-state index in [9.17, 15) is 86.2 Å². The molecule has 0 aromatic rings. The Labute approximate surface area is 487 Å². The van der Waals surface area contributed by atoms with Crippen molar-refractivity contribution in [2.75, 3.05) is 19.8 Å². The van der Waals surface area contributed by atoms with E-state index >= 15 is 0 Å². The molecule has 31 atom stereocenters. The molecule has 0 aromatic heterocycles. The zero-order valence-electron chi connectivity index (χ0n) is 49.3. The highest BCUT2D eigenvalue weighted by molar-refractivity contribution is 5.87. The molecule has 0 aromatic carbocycles. The predicted molar refractivity (Wildman–Crippen MR) is 285 cm³/mol. The molecule has 0 bridgehead atoms. The molecule has 4 saturated heterocycles. The van der Waals surface area contributed by atoms with Crippen molar-refractivity contribution in [2.45, 2.75) is 255 Å². The molecule has 26 heteroatoms. The van der Waals surface area contributed by atoms with Gasteiger partial charge in [-0.25, -0.2) is 9.59 Å². The van der Waals surface area contributed by atoms with Crippen LogP contribution >= 0.6 is 0 Å². The second-order valence-electron chi connectivity index (χ2n) is 27.4. The van der Waals surface area contributed by atoms with Gasteiger partial charge >= 0.3 is 11.9 Å². The molecule has 15 N–H and O–H groups in total. The molecule has 9 rings (SSSR count). The number of carboxylic acid groups (broad SMARTS) is 1. The summed E-state index contributed by atoms with van der Waals surface area (Å²) in [5.41, 5.74) is -5.13. The first-order valence-electron chi connectivity index (χ1n) is 29.5. The lowest BCUT2D eigenvalue weighted by atomic mass is 9.32. The number of carbonyl (C=O) groups is 2. The molecule has 84 heavy (non-hydrogen) atoms. The van der Waals surface area contributed by atoms with Crippen LogP contribution in [0.25, 0.3) is 0 Å². The maximum absolute atomic E-state index is 13.8. The number of aliphatic hydroxyl groups is 14. The summed E-state index contributed by atoms with van der Waals surface area (Å²) in [6, 6.07) is 0. The number of carbonyl (C=O) groups excluding carboxylic acids is 1. The average Bonchev–Trinajstić information content (AvgIpc) is 0.726. The number of aliphatic hydroxyl groups excluding tert-OH is 14. The van der Waals surface area contributed by atoms with Crippen LogP contribution in [-0.4, -0.2) is 256 Å². The number of rotatable bonds is 14. The molecule has 26 nitrogen and oxygen atoms in total. The molecule has 4 aliphatic heterocycles. The SMILES string of the molecule is C/C=C(/C)C(=O)O[C@H]1[C@@H](O[C@H]2O[C@@H](C)[C@H](O)[C@@H](O)[C@@H]2O)[C@@]2(CO)C(CC1(C)C)C1=CCC3[C@@]4(C)CC[C@H](O[C@H]5O[C@H](C(=O)O)[C@@H](O)[C@H](O[C@H]6O[C@H](CO)[C@@H](O)[C@@H]6O)[C@H]5O[C@@H]5O[C@H](CO)[C@H](O)[C@H](O)[C@H]5O)C(C)(C)C4CC[C@@]3(C)[C@]1(C)[C@H](O)[C@@H]2O. The fourth-order valence-electron chi connectivity index (χ4n) is 17.2. The molecule has 480 valence electrons. The lowest BCUT2D eigenvalue weighted by molar-refractivity contribution is -0.386. The van der Waals surface area contributed by atoms with Crippen molar-refractivity contribution >= 4 is 11.9 Å². The molecule has 9 aliphatic rings. The van der Waals surface area contributed by atoms with E-state index in [0.717, 1.165) is 5.57 Å². The zero-order valence-corrected chi connectivity index (χ0v) is 49.3. The van der Waals surface area contributed by atoms with E-state index in [2.05, 4.69) is 19.9 Å². The first-order valence-corrected chi connectivity index (χ1v) is 29.5. The molecule has 3 unspecified atom stereocenters. The Bertz CT molecular complexity index is 2440. The van der Waals surface area contributed by atoms with E-state index in [0.29, 0.717) is 25.7 Å². The second-order valence-corrected chi connectivity index (χ2v) is 27.4. The van der Waals surface area contributed by atoms with Gasteiger partial charge in [-0.15, -0.1) is 0 Å². The van der Waals surface area contributed by atoms with Crippen molar-refractivity contribution in [1.82, 2.24) is 0 Å². The van der Waals surface area contributed by atoms with Gasteiger partial charge in [0, 0.05) is 16.4 Å². The van der Waals surface area contributed by atoms with Crippen molar-refractivity contribution in [3.05, 3.63) is 23.3 Å². The molecule has 4 saturated carbocycles. The summed E-state index contributed by atoms with van der Waals surface area (Å²) >= 11 is 0.